The van der Waals surface area contributed by atoms with Crippen molar-refractivity contribution >= 4 is 45.9 Å². The molecule has 0 radical (unpaired) electrons. The van der Waals surface area contributed by atoms with E-state index in [9.17, 15) is 4.79 Å². The molecule has 1 aliphatic rings. The molecule has 10 heteroatoms. The number of hydrogen-bond donors (Lipinski definition) is 1. The molecule has 158 valence electrons. The van der Waals surface area contributed by atoms with Crippen molar-refractivity contribution in [3.05, 3.63) is 47.0 Å². The number of rotatable bonds is 7. The van der Waals surface area contributed by atoms with Crippen LogP contribution < -0.4 is 4.90 Å². The molecule has 0 unspecified atom stereocenters. The van der Waals surface area contributed by atoms with Gasteiger partial charge >= 0.3 is 5.97 Å². The number of imidazole rings is 1. The molecule has 0 aliphatic carbocycles. The lowest BCUT2D eigenvalue weighted by Crippen LogP contribution is -2.45. The van der Waals surface area contributed by atoms with Crippen molar-refractivity contribution in [2.45, 2.75) is 12.5 Å². The molecule has 2 aromatic heterocycles. The van der Waals surface area contributed by atoms with Gasteiger partial charge in [0.05, 0.1) is 59.9 Å². The summed E-state index contributed by atoms with van der Waals surface area (Å²) in [6.07, 6.45) is 5.08. The Labute approximate surface area is 182 Å². The zero-order valence-electron chi connectivity index (χ0n) is 16.0. The summed E-state index contributed by atoms with van der Waals surface area (Å²) in [6, 6.07) is 5.64. The first-order chi connectivity index (χ1) is 14.5. The number of fused-ring (bicyclic) bond motifs is 1. The van der Waals surface area contributed by atoms with Gasteiger partial charge in [-0.1, -0.05) is 23.2 Å². The van der Waals surface area contributed by atoms with Crippen molar-refractivity contribution in [2.75, 3.05) is 37.8 Å². The van der Waals surface area contributed by atoms with Gasteiger partial charge in [-0.2, -0.15) is 0 Å². The van der Waals surface area contributed by atoms with E-state index in [-0.39, 0.29) is 19.1 Å². The SMILES string of the molecule is O=C(O)CCOC[C@H]1CN(c2cc(-n3ccnc3)c3ccc(Cl)c(Cl)c3n2)CCO1. The summed E-state index contributed by atoms with van der Waals surface area (Å²) in [6.45, 7) is 2.20. The Bertz CT molecular complexity index is 1040. The van der Waals surface area contributed by atoms with E-state index >= 15 is 0 Å². The summed E-state index contributed by atoms with van der Waals surface area (Å²) < 4.78 is 13.1. The molecule has 0 bridgehead atoms. The van der Waals surface area contributed by atoms with E-state index in [0.29, 0.717) is 41.9 Å². The number of carboxylic acid groups (broad SMARTS) is 1. The molecule has 1 fully saturated rings. The molecule has 1 atom stereocenters. The quantitative estimate of drug-likeness (QED) is 0.551. The highest BCUT2D eigenvalue weighted by Crippen LogP contribution is 2.35. The fourth-order valence-electron chi connectivity index (χ4n) is 3.38. The minimum Gasteiger partial charge on any atom is -0.481 e. The molecular weight excluding hydrogens is 431 g/mol. The fourth-order valence-corrected chi connectivity index (χ4v) is 3.74. The summed E-state index contributed by atoms with van der Waals surface area (Å²) in [7, 11) is 0. The van der Waals surface area contributed by atoms with Gasteiger partial charge in [0.25, 0.3) is 0 Å². The third kappa shape index (κ3) is 4.52. The number of nitrogens with zero attached hydrogens (tertiary/aromatic N) is 4. The molecule has 1 N–H and O–H groups in total. The maximum absolute atomic E-state index is 10.6. The van der Waals surface area contributed by atoms with Gasteiger partial charge < -0.3 is 24.0 Å². The Morgan fingerprint density at radius 1 is 1.37 bits per heavy atom. The fraction of sp³-hybridized carbons (Fsp3) is 0.350. The Morgan fingerprint density at radius 2 is 2.23 bits per heavy atom. The van der Waals surface area contributed by atoms with Crippen LogP contribution in [0.3, 0.4) is 0 Å². The summed E-state index contributed by atoms with van der Waals surface area (Å²) in [5.41, 5.74) is 1.51. The van der Waals surface area contributed by atoms with Crippen LogP contribution in [0.25, 0.3) is 16.6 Å². The van der Waals surface area contributed by atoms with Crippen molar-refractivity contribution in [3.8, 4) is 5.69 Å². The van der Waals surface area contributed by atoms with E-state index in [2.05, 4.69) is 9.88 Å². The van der Waals surface area contributed by atoms with Crippen molar-refractivity contribution in [1.29, 1.82) is 0 Å². The Kier molecular flexibility index (Phi) is 6.38. The van der Waals surface area contributed by atoms with Crippen LogP contribution in [0.1, 0.15) is 6.42 Å². The molecule has 3 aromatic rings. The van der Waals surface area contributed by atoms with Crippen LogP contribution in [0, 0.1) is 0 Å². The molecule has 1 aliphatic heterocycles. The van der Waals surface area contributed by atoms with Crippen LogP contribution in [0.2, 0.25) is 10.0 Å². The molecular formula is C20H20Cl2N4O4. The summed E-state index contributed by atoms with van der Waals surface area (Å²) in [5, 5.41) is 10.4. The Morgan fingerprint density at radius 3 is 3.00 bits per heavy atom. The topological polar surface area (TPSA) is 89.7 Å². The van der Waals surface area contributed by atoms with Crippen molar-refractivity contribution < 1.29 is 19.4 Å². The normalized spacial score (nSPS) is 16.9. The van der Waals surface area contributed by atoms with Gasteiger partial charge in [0.2, 0.25) is 0 Å². The molecule has 0 spiro atoms. The highest BCUT2D eigenvalue weighted by atomic mass is 35.5. The number of morpholine rings is 1. The lowest BCUT2D eigenvalue weighted by Gasteiger charge is -2.34. The molecule has 1 saturated heterocycles. The van der Waals surface area contributed by atoms with E-state index in [0.717, 1.165) is 16.9 Å². The summed E-state index contributed by atoms with van der Waals surface area (Å²) in [5.74, 6) is -0.140. The third-order valence-electron chi connectivity index (χ3n) is 4.85. The highest BCUT2D eigenvalue weighted by molar-refractivity contribution is 6.45. The molecule has 4 rings (SSSR count). The first-order valence-corrected chi connectivity index (χ1v) is 10.2. The van der Waals surface area contributed by atoms with Crippen molar-refractivity contribution in [1.82, 2.24) is 14.5 Å². The number of ether oxygens (including phenoxy) is 2. The average Bonchev–Trinajstić information content (AvgIpc) is 3.28. The standard InChI is InChI=1S/C20H20Cl2N4O4/c21-15-2-1-14-16(26-5-4-23-12-26)9-17(24-20(14)19(15)22)25-6-8-30-13(10-25)11-29-7-3-18(27)28/h1-2,4-5,9,12-13H,3,6-8,10-11H2,(H,27,28)/t13-/m1/s1. The van der Waals surface area contributed by atoms with Gasteiger partial charge in [0.15, 0.2) is 0 Å². The van der Waals surface area contributed by atoms with E-state index in [1.807, 2.05) is 22.9 Å². The number of halogens is 2. The van der Waals surface area contributed by atoms with Gasteiger partial charge in [-0.15, -0.1) is 0 Å². The molecule has 8 nitrogen and oxygen atoms in total. The molecule has 1 aromatic carbocycles. The number of hydrogen-bond acceptors (Lipinski definition) is 6. The summed E-state index contributed by atoms with van der Waals surface area (Å²) >= 11 is 12.7. The second-order valence-electron chi connectivity index (χ2n) is 6.88. The largest absolute Gasteiger partial charge is 0.481 e. The minimum atomic E-state index is -0.885. The predicted octanol–water partition coefficient (Wildman–Crippen LogP) is 3.42. The number of anilines is 1. The number of benzene rings is 1. The zero-order chi connectivity index (χ0) is 21.1. The second kappa shape index (κ2) is 9.18. The number of pyridine rings is 1. The zero-order valence-corrected chi connectivity index (χ0v) is 17.5. The van der Waals surface area contributed by atoms with Crippen LogP contribution >= 0.6 is 23.2 Å². The van der Waals surface area contributed by atoms with Gasteiger partial charge in [0.1, 0.15) is 5.82 Å². The van der Waals surface area contributed by atoms with Crippen LogP contribution in [0.5, 0.6) is 0 Å². The van der Waals surface area contributed by atoms with Gasteiger partial charge in [-0.05, 0) is 12.1 Å². The smallest absolute Gasteiger partial charge is 0.305 e. The maximum atomic E-state index is 10.6. The van der Waals surface area contributed by atoms with E-state index in [4.69, 9.17) is 42.8 Å². The van der Waals surface area contributed by atoms with Crippen LogP contribution in [0.4, 0.5) is 5.82 Å². The third-order valence-corrected chi connectivity index (χ3v) is 5.64. The van der Waals surface area contributed by atoms with Crippen molar-refractivity contribution in [3.63, 3.8) is 0 Å². The maximum Gasteiger partial charge on any atom is 0.305 e. The first-order valence-electron chi connectivity index (χ1n) is 9.46. The molecule has 0 saturated carbocycles. The lowest BCUT2D eigenvalue weighted by molar-refractivity contribution is -0.138. The number of aromatic nitrogens is 3. The molecule has 30 heavy (non-hydrogen) atoms. The number of carbonyl (C=O) groups is 1. The Hall–Kier alpha value is -2.39. The van der Waals surface area contributed by atoms with Gasteiger partial charge in [-0.3, -0.25) is 4.79 Å². The number of aliphatic carboxylic acids is 1. The van der Waals surface area contributed by atoms with E-state index in [1.165, 1.54) is 0 Å². The monoisotopic (exact) mass is 450 g/mol. The number of carboxylic acids is 1. The van der Waals surface area contributed by atoms with Gasteiger partial charge in [0, 0.05) is 36.9 Å². The molecule has 0 amide bonds. The summed E-state index contributed by atoms with van der Waals surface area (Å²) in [4.78, 5) is 21.7. The Balaban J connectivity index is 1.62. The van der Waals surface area contributed by atoms with Gasteiger partial charge in [-0.25, -0.2) is 9.97 Å². The first kappa shape index (κ1) is 20.9. The lowest BCUT2D eigenvalue weighted by atomic mass is 10.1. The van der Waals surface area contributed by atoms with Crippen LogP contribution in [-0.2, 0) is 14.3 Å². The predicted molar refractivity (Wildman–Crippen MR) is 114 cm³/mol. The molecule has 3 heterocycles. The van der Waals surface area contributed by atoms with E-state index in [1.54, 1.807) is 18.6 Å². The minimum absolute atomic E-state index is 0.0316. The average molecular weight is 451 g/mol. The van der Waals surface area contributed by atoms with E-state index < -0.39 is 5.97 Å². The van der Waals surface area contributed by atoms with Crippen LogP contribution in [-0.4, -0.2) is 64.6 Å². The van der Waals surface area contributed by atoms with Crippen molar-refractivity contribution in [2.24, 2.45) is 0 Å². The van der Waals surface area contributed by atoms with Crippen LogP contribution in [0.15, 0.2) is 36.9 Å². The highest BCUT2D eigenvalue weighted by Gasteiger charge is 2.23. The second-order valence-corrected chi connectivity index (χ2v) is 7.67.